The van der Waals surface area contributed by atoms with Crippen LogP contribution in [0.3, 0.4) is 0 Å². The summed E-state index contributed by atoms with van der Waals surface area (Å²) in [4.78, 5) is 18.8. The fraction of sp³-hybridized carbons (Fsp3) is 0.111. The molecule has 0 saturated carbocycles. The van der Waals surface area contributed by atoms with Gasteiger partial charge in [-0.2, -0.15) is 0 Å². The molecule has 3 rings (SSSR count). The smallest absolute Gasteiger partial charge is 0.266 e. The van der Waals surface area contributed by atoms with E-state index >= 15 is 0 Å². The first kappa shape index (κ1) is 17.4. The van der Waals surface area contributed by atoms with Crippen LogP contribution in [0.4, 0.5) is 5.69 Å². The Balaban J connectivity index is 1.96. The molecule has 2 aromatic rings. The maximum Gasteiger partial charge on any atom is 0.266 e. The number of amides is 1. The number of ether oxygens (including phenoxy) is 1. The van der Waals surface area contributed by atoms with Gasteiger partial charge in [-0.1, -0.05) is 35.9 Å². The van der Waals surface area contributed by atoms with E-state index in [9.17, 15) is 9.90 Å². The lowest BCUT2D eigenvalue weighted by Crippen LogP contribution is -2.23. The molecule has 1 amide bonds. The predicted molar refractivity (Wildman–Crippen MR) is 102 cm³/mol. The molecule has 0 spiro atoms. The van der Waals surface area contributed by atoms with Crippen LogP contribution in [0.25, 0.3) is 6.08 Å². The molecule has 2 aromatic carbocycles. The first-order valence-corrected chi connectivity index (χ1v) is 8.57. The van der Waals surface area contributed by atoms with Gasteiger partial charge in [-0.3, -0.25) is 9.69 Å². The number of para-hydroxylation sites is 2. The molecule has 1 N–H and O–H groups in total. The number of amidine groups is 1. The van der Waals surface area contributed by atoms with Gasteiger partial charge in [-0.05, 0) is 36.0 Å². The number of aromatic hydroxyl groups is 1. The molecule has 1 aliphatic rings. The summed E-state index contributed by atoms with van der Waals surface area (Å²) in [7, 11) is 3.13. The van der Waals surface area contributed by atoms with E-state index in [-0.39, 0.29) is 11.7 Å². The van der Waals surface area contributed by atoms with E-state index in [0.717, 1.165) is 0 Å². The monoisotopic (exact) mass is 374 g/mol. The summed E-state index contributed by atoms with van der Waals surface area (Å²) < 4.78 is 5.09. The second kappa shape index (κ2) is 7.21. The first-order chi connectivity index (χ1) is 12.0. The number of halogens is 1. The Morgan fingerprint density at radius 1 is 1.24 bits per heavy atom. The SMILES string of the molecule is COc1cccc(/C=C2/SC(=Nc3ccccc3Cl)N(C)C2=O)c1O. The van der Waals surface area contributed by atoms with Crippen molar-refractivity contribution < 1.29 is 14.6 Å². The zero-order chi connectivity index (χ0) is 18.0. The van der Waals surface area contributed by atoms with Crippen molar-refractivity contribution in [2.45, 2.75) is 0 Å². The molecule has 1 saturated heterocycles. The van der Waals surface area contributed by atoms with Crippen molar-refractivity contribution in [3.8, 4) is 11.5 Å². The maximum absolute atomic E-state index is 12.5. The largest absolute Gasteiger partial charge is 0.504 e. The highest BCUT2D eigenvalue weighted by Crippen LogP contribution is 2.37. The van der Waals surface area contributed by atoms with E-state index in [1.807, 2.05) is 12.1 Å². The molecule has 1 aliphatic heterocycles. The van der Waals surface area contributed by atoms with E-state index in [4.69, 9.17) is 16.3 Å². The number of carbonyl (C=O) groups is 1. The number of methoxy groups -OCH3 is 1. The Bertz CT molecular complexity index is 896. The highest BCUT2D eigenvalue weighted by atomic mass is 35.5. The van der Waals surface area contributed by atoms with Crippen molar-refractivity contribution in [3.63, 3.8) is 0 Å². The second-order valence-electron chi connectivity index (χ2n) is 5.22. The van der Waals surface area contributed by atoms with E-state index in [0.29, 0.717) is 32.1 Å². The zero-order valence-corrected chi connectivity index (χ0v) is 15.1. The maximum atomic E-state index is 12.5. The van der Waals surface area contributed by atoms with Crippen molar-refractivity contribution in [2.75, 3.05) is 14.2 Å². The van der Waals surface area contributed by atoms with Gasteiger partial charge in [0.05, 0.1) is 22.7 Å². The number of nitrogens with zero attached hydrogens (tertiary/aromatic N) is 2. The van der Waals surface area contributed by atoms with Crippen LogP contribution in [0.1, 0.15) is 5.56 Å². The van der Waals surface area contributed by atoms with Crippen molar-refractivity contribution in [3.05, 3.63) is 58.0 Å². The molecule has 0 aromatic heterocycles. The Morgan fingerprint density at radius 3 is 2.72 bits per heavy atom. The number of rotatable bonds is 3. The van der Waals surface area contributed by atoms with Gasteiger partial charge >= 0.3 is 0 Å². The van der Waals surface area contributed by atoms with Crippen LogP contribution in [0.2, 0.25) is 5.02 Å². The van der Waals surface area contributed by atoms with E-state index in [1.54, 1.807) is 43.5 Å². The lowest BCUT2D eigenvalue weighted by atomic mass is 10.1. The summed E-state index contributed by atoms with van der Waals surface area (Å²) in [5, 5.41) is 11.2. The van der Waals surface area contributed by atoms with Crippen molar-refractivity contribution >= 4 is 46.2 Å². The summed E-state index contributed by atoms with van der Waals surface area (Å²) in [6.45, 7) is 0. The quantitative estimate of drug-likeness (QED) is 0.814. The minimum absolute atomic E-state index is 0.00922. The number of benzene rings is 2. The van der Waals surface area contributed by atoms with Crippen molar-refractivity contribution in [1.29, 1.82) is 0 Å². The van der Waals surface area contributed by atoms with Gasteiger partial charge in [0.1, 0.15) is 0 Å². The van der Waals surface area contributed by atoms with Crippen molar-refractivity contribution in [1.82, 2.24) is 4.90 Å². The Hall–Kier alpha value is -2.44. The van der Waals surface area contributed by atoms with Crippen molar-refractivity contribution in [2.24, 2.45) is 4.99 Å². The predicted octanol–water partition coefficient (Wildman–Crippen LogP) is 4.29. The molecule has 7 heteroatoms. The number of phenols is 1. The highest BCUT2D eigenvalue weighted by Gasteiger charge is 2.30. The van der Waals surface area contributed by atoms with E-state index in [2.05, 4.69) is 4.99 Å². The van der Waals surface area contributed by atoms with Gasteiger partial charge in [0.2, 0.25) is 0 Å². The second-order valence-corrected chi connectivity index (χ2v) is 6.64. The molecule has 25 heavy (non-hydrogen) atoms. The number of thioether (sulfide) groups is 1. The fourth-order valence-corrected chi connectivity index (χ4v) is 3.41. The normalized spacial score (nSPS) is 17.6. The van der Waals surface area contributed by atoms with E-state index in [1.165, 1.54) is 23.8 Å². The van der Waals surface area contributed by atoms with E-state index < -0.39 is 0 Å². The van der Waals surface area contributed by atoms with Gasteiger partial charge in [0.25, 0.3) is 5.91 Å². The van der Waals surface area contributed by atoms with Gasteiger partial charge < -0.3 is 9.84 Å². The number of carbonyl (C=O) groups excluding carboxylic acids is 1. The van der Waals surface area contributed by atoms with Crippen LogP contribution in [-0.2, 0) is 4.79 Å². The third kappa shape index (κ3) is 3.50. The third-order valence-electron chi connectivity index (χ3n) is 3.61. The van der Waals surface area contributed by atoms with Gasteiger partial charge in [-0.15, -0.1) is 0 Å². The molecule has 1 heterocycles. The molecular formula is C18H15ClN2O3S. The van der Waals surface area contributed by atoms with Crippen LogP contribution in [0.15, 0.2) is 52.4 Å². The van der Waals surface area contributed by atoms with Crippen LogP contribution < -0.4 is 4.74 Å². The molecular weight excluding hydrogens is 360 g/mol. The Kier molecular flexibility index (Phi) is 5.01. The standard InChI is InChI=1S/C18H15ClN2O3S/c1-21-17(23)15(10-11-6-5-9-14(24-2)16(11)22)25-18(21)20-13-8-4-3-7-12(13)19/h3-10,22H,1-2H3/b15-10+,20-18?. The molecule has 128 valence electrons. The average molecular weight is 375 g/mol. The number of hydrogen-bond donors (Lipinski definition) is 1. The lowest BCUT2D eigenvalue weighted by molar-refractivity contribution is -0.121. The highest BCUT2D eigenvalue weighted by molar-refractivity contribution is 8.18. The van der Waals surface area contributed by atoms with Gasteiger partial charge in [0.15, 0.2) is 16.7 Å². The van der Waals surface area contributed by atoms with Crippen LogP contribution in [0.5, 0.6) is 11.5 Å². The van der Waals surface area contributed by atoms with Gasteiger partial charge in [-0.25, -0.2) is 4.99 Å². The van der Waals surface area contributed by atoms with Crippen LogP contribution in [-0.4, -0.2) is 35.2 Å². The first-order valence-electron chi connectivity index (χ1n) is 7.38. The Morgan fingerprint density at radius 2 is 2.00 bits per heavy atom. The minimum atomic E-state index is -0.196. The molecule has 0 radical (unpaired) electrons. The molecule has 0 aliphatic carbocycles. The number of phenolic OH excluding ortho intramolecular Hbond substituents is 1. The summed E-state index contributed by atoms with van der Waals surface area (Å²) >= 11 is 7.35. The molecule has 1 fully saturated rings. The fourth-order valence-electron chi connectivity index (χ4n) is 2.26. The molecule has 0 atom stereocenters. The van der Waals surface area contributed by atoms with Crippen LogP contribution in [0, 0.1) is 0 Å². The summed E-state index contributed by atoms with van der Waals surface area (Å²) in [6, 6.07) is 12.3. The van der Waals surface area contributed by atoms with Gasteiger partial charge in [0, 0.05) is 12.6 Å². The molecule has 0 bridgehead atoms. The summed E-state index contributed by atoms with van der Waals surface area (Å²) in [5.74, 6) is 0.145. The number of hydrogen-bond acceptors (Lipinski definition) is 5. The number of likely N-dealkylation sites (N-methyl/N-ethyl adjacent to an activating group) is 1. The van der Waals surface area contributed by atoms with Crippen LogP contribution >= 0.6 is 23.4 Å². The third-order valence-corrected chi connectivity index (χ3v) is 4.99. The number of aliphatic imine (C=N–C) groups is 1. The lowest BCUT2D eigenvalue weighted by Gasteiger charge is -2.07. The molecule has 5 nitrogen and oxygen atoms in total. The topological polar surface area (TPSA) is 62.1 Å². The molecule has 0 unspecified atom stereocenters. The zero-order valence-electron chi connectivity index (χ0n) is 13.6. The average Bonchev–Trinajstić information content (AvgIpc) is 2.87. The Labute approximate surface area is 154 Å². The summed E-state index contributed by atoms with van der Waals surface area (Å²) in [6.07, 6.45) is 1.62. The summed E-state index contributed by atoms with van der Waals surface area (Å²) in [5.41, 5.74) is 1.10. The minimum Gasteiger partial charge on any atom is -0.504 e.